The Hall–Kier alpha value is -2.42. The summed E-state index contributed by atoms with van der Waals surface area (Å²) in [4.78, 5) is 23.6. The molecule has 9 heteroatoms. The standard InChI is InChI=1S/C17H18ClN3O4S/c1-12-6-8-13(9-7-12)26(24,25)20-11-16(22)19-10-17(23)21-15-5-3-2-4-14(15)18/h2-9,20H,10-11H2,1H3,(H,19,22)(H,21,23). The number of sulfonamides is 1. The Morgan fingerprint density at radius 2 is 1.62 bits per heavy atom. The van der Waals surface area contributed by atoms with Crippen LogP contribution in [0.5, 0.6) is 0 Å². The molecular weight excluding hydrogens is 378 g/mol. The molecule has 2 amide bonds. The fraction of sp³-hybridized carbons (Fsp3) is 0.176. The molecule has 0 aromatic heterocycles. The first kappa shape index (κ1) is 19.9. The maximum Gasteiger partial charge on any atom is 0.243 e. The van der Waals surface area contributed by atoms with E-state index >= 15 is 0 Å². The van der Waals surface area contributed by atoms with E-state index in [1.165, 1.54) is 12.1 Å². The third-order valence-corrected chi connectivity index (χ3v) is 5.09. The highest BCUT2D eigenvalue weighted by atomic mass is 35.5. The van der Waals surface area contributed by atoms with Gasteiger partial charge in [0.1, 0.15) is 0 Å². The molecule has 0 fully saturated rings. The van der Waals surface area contributed by atoms with E-state index in [2.05, 4.69) is 15.4 Å². The van der Waals surface area contributed by atoms with Crippen LogP contribution in [-0.2, 0) is 19.6 Å². The Morgan fingerprint density at radius 3 is 2.27 bits per heavy atom. The molecule has 0 spiro atoms. The Morgan fingerprint density at radius 1 is 0.962 bits per heavy atom. The summed E-state index contributed by atoms with van der Waals surface area (Å²) < 4.78 is 26.3. The molecule has 3 N–H and O–H groups in total. The number of hydrogen-bond donors (Lipinski definition) is 3. The number of anilines is 1. The van der Waals surface area contributed by atoms with Crippen molar-refractivity contribution in [3.05, 3.63) is 59.1 Å². The van der Waals surface area contributed by atoms with Crippen LogP contribution >= 0.6 is 11.6 Å². The number of rotatable bonds is 7. The molecule has 0 unspecified atom stereocenters. The van der Waals surface area contributed by atoms with Crippen molar-refractivity contribution < 1.29 is 18.0 Å². The van der Waals surface area contributed by atoms with Crippen LogP contribution in [0.15, 0.2) is 53.4 Å². The molecule has 0 saturated heterocycles. The van der Waals surface area contributed by atoms with Gasteiger partial charge in [0.05, 0.1) is 28.7 Å². The molecular formula is C17H18ClN3O4S. The molecule has 2 aromatic rings. The van der Waals surface area contributed by atoms with Gasteiger partial charge >= 0.3 is 0 Å². The van der Waals surface area contributed by atoms with E-state index < -0.39 is 28.4 Å². The van der Waals surface area contributed by atoms with Gasteiger partial charge in [0.25, 0.3) is 0 Å². The molecule has 0 heterocycles. The molecule has 2 rings (SSSR count). The van der Waals surface area contributed by atoms with Crippen molar-refractivity contribution in [2.75, 3.05) is 18.4 Å². The van der Waals surface area contributed by atoms with Crippen molar-refractivity contribution in [3.8, 4) is 0 Å². The van der Waals surface area contributed by atoms with Gasteiger partial charge in [-0.1, -0.05) is 41.4 Å². The van der Waals surface area contributed by atoms with Gasteiger partial charge in [-0.2, -0.15) is 0 Å². The highest BCUT2D eigenvalue weighted by molar-refractivity contribution is 7.89. The molecule has 138 valence electrons. The molecule has 0 aliphatic heterocycles. The lowest BCUT2D eigenvalue weighted by molar-refractivity contribution is -0.123. The summed E-state index contributed by atoms with van der Waals surface area (Å²) in [5, 5.41) is 5.25. The largest absolute Gasteiger partial charge is 0.346 e. The maximum absolute atomic E-state index is 12.1. The molecule has 0 atom stereocenters. The minimum absolute atomic E-state index is 0.0624. The van der Waals surface area contributed by atoms with E-state index in [4.69, 9.17) is 11.6 Å². The van der Waals surface area contributed by atoms with E-state index in [1.54, 1.807) is 36.4 Å². The van der Waals surface area contributed by atoms with Gasteiger partial charge in [-0.3, -0.25) is 9.59 Å². The number of nitrogens with one attached hydrogen (secondary N) is 3. The Kier molecular flexibility index (Phi) is 6.73. The Labute approximate surface area is 156 Å². The second kappa shape index (κ2) is 8.79. The van der Waals surface area contributed by atoms with Gasteiger partial charge < -0.3 is 10.6 Å². The van der Waals surface area contributed by atoms with Crippen LogP contribution in [0, 0.1) is 6.92 Å². The van der Waals surface area contributed by atoms with E-state index in [0.717, 1.165) is 5.56 Å². The predicted octanol–water partition coefficient (Wildman–Crippen LogP) is 1.68. The van der Waals surface area contributed by atoms with Crippen molar-refractivity contribution >= 4 is 39.1 Å². The van der Waals surface area contributed by atoms with Gasteiger partial charge in [-0.25, -0.2) is 13.1 Å². The minimum atomic E-state index is -3.79. The van der Waals surface area contributed by atoms with Gasteiger partial charge in [0.2, 0.25) is 21.8 Å². The van der Waals surface area contributed by atoms with Crippen LogP contribution in [-0.4, -0.2) is 33.3 Å². The normalized spacial score (nSPS) is 11.0. The molecule has 0 radical (unpaired) electrons. The van der Waals surface area contributed by atoms with Crippen molar-refractivity contribution in [1.82, 2.24) is 10.0 Å². The third kappa shape index (κ3) is 5.83. The average Bonchev–Trinajstić information content (AvgIpc) is 2.60. The van der Waals surface area contributed by atoms with Crippen LogP contribution in [0.25, 0.3) is 0 Å². The average molecular weight is 396 g/mol. The second-order valence-corrected chi connectivity index (χ2v) is 7.62. The van der Waals surface area contributed by atoms with Crippen LogP contribution < -0.4 is 15.4 Å². The quantitative estimate of drug-likeness (QED) is 0.663. The number of benzene rings is 2. The molecule has 0 aliphatic rings. The zero-order valence-corrected chi connectivity index (χ0v) is 15.5. The van der Waals surface area contributed by atoms with Crippen molar-refractivity contribution in [2.45, 2.75) is 11.8 Å². The molecule has 0 bridgehead atoms. The lowest BCUT2D eigenvalue weighted by Crippen LogP contribution is -2.40. The Balaban J connectivity index is 1.80. The third-order valence-electron chi connectivity index (χ3n) is 3.35. The zero-order chi connectivity index (χ0) is 19.2. The summed E-state index contributed by atoms with van der Waals surface area (Å²) in [5.74, 6) is -1.11. The van der Waals surface area contributed by atoms with Crippen molar-refractivity contribution in [2.24, 2.45) is 0 Å². The van der Waals surface area contributed by atoms with E-state index in [1.807, 2.05) is 6.92 Å². The van der Waals surface area contributed by atoms with E-state index in [-0.39, 0.29) is 11.4 Å². The first-order valence-electron chi connectivity index (χ1n) is 7.65. The number of aryl methyl sites for hydroxylation is 1. The Bertz CT molecular complexity index is 898. The van der Waals surface area contributed by atoms with E-state index in [9.17, 15) is 18.0 Å². The number of halogens is 1. The van der Waals surface area contributed by atoms with E-state index in [0.29, 0.717) is 10.7 Å². The summed E-state index contributed by atoms with van der Waals surface area (Å²) in [7, 11) is -3.79. The fourth-order valence-electron chi connectivity index (χ4n) is 1.96. The molecule has 2 aromatic carbocycles. The lowest BCUT2D eigenvalue weighted by atomic mass is 10.2. The van der Waals surface area contributed by atoms with Crippen LogP contribution in [0.3, 0.4) is 0 Å². The zero-order valence-electron chi connectivity index (χ0n) is 14.0. The highest BCUT2D eigenvalue weighted by Crippen LogP contribution is 2.19. The monoisotopic (exact) mass is 395 g/mol. The molecule has 26 heavy (non-hydrogen) atoms. The van der Waals surface area contributed by atoms with Crippen molar-refractivity contribution in [3.63, 3.8) is 0 Å². The van der Waals surface area contributed by atoms with Crippen LogP contribution in [0.2, 0.25) is 5.02 Å². The number of hydrogen-bond acceptors (Lipinski definition) is 4. The van der Waals surface area contributed by atoms with Gasteiger partial charge in [0, 0.05) is 0 Å². The molecule has 0 saturated carbocycles. The number of amides is 2. The number of carbonyl (C=O) groups excluding carboxylic acids is 2. The summed E-state index contributed by atoms with van der Waals surface area (Å²) in [6, 6.07) is 12.9. The summed E-state index contributed by atoms with van der Waals surface area (Å²) in [6.07, 6.45) is 0. The smallest absolute Gasteiger partial charge is 0.243 e. The minimum Gasteiger partial charge on any atom is -0.346 e. The topological polar surface area (TPSA) is 104 Å². The summed E-state index contributed by atoms with van der Waals surface area (Å²) in [5.41, 5.74) is 1.35. The predicted molar refractivity (Wildman–Crippen MR) is 99.5 cm³/mol. The molecule has 0 aliphatic carbocycles. The lowest BCUT2D eigenvalue weighted by Gasteiger charge is -2.09. The number of carbonyl (C=O) groups is 2. The summed E-state index contributed by atoms with van der Waals surface area (Å²) >= 11 is 5.92. The first-order chi connectivity index (χ1) is 12.3. The molecule has 7 nitrogen and oxygen atoms in total. The van der Waals surface area contributed by atoms with Gasteiger partial charge in [0.15, 0.2) is 0 Å². The SMILES string of the molecule is Cc1ccc(S(=O)(=O)NCC(=O)NCC(=O)Nc2ccccc2Cl)cc1. The van der Waals surface area contributed by atoms with Gasteiger partial charge in [-0.15, -0.1) is 0 Å². The number of para-hydroxylation sites is 1. The summed E-state index contributed by atoms with van der Waals surface area (Å²) in [6.45, 7) is 1.05. The van der Waals surface area contributed by atoms with Crippen LogP contribution in [0.1, 0.15) is 5.56 Å². The van der Waals surface area contributed by atoms with Crippen molar-refractivity contribution in [1.29, 1.82) is 0 Å². The fourth-order valence-corrected chi connectivity index (χ4v) is 3.12. The van der Waals surface area contributed by atoms with Gasteiger partial charge in [-0.05, 0) is 31.2 Å². The maximum atomic E-state index is 12.1. The second-order valence-electron chi connectivity index (χ2n) is 5.44. The first-order valence-corrected chi connectivity index (χ1v) is 9.51. The highest BCUT2D eigenvalue weighted by Gasteiger charge is 2.15. The van der Waals surface area contributed by atoms with Crippen LogP contribution in [0.4, 0.5) is 5.69 Å².